The average Bonchev–Trinajstić information content (AvgIpc) is 2.12. The van der Waals surface area contributed by atoms with Crippen LogP contribution in [0.25, 0.3) is 0 Å². The van der Waals surface area contributed by atoms with Gasteiger partial charge < -0.3 is 5.73 Å². The van der Waals surface area contributed by atoms with E-state index in [1.165, 1.54) is 0 Å². The molecule has 0 radical (unpaired) electrons. The van der Waals surface area contributed by atoms with Crippen LogP contribution in [0.15, 0.2) is 6.33 Å². The van der Waals surface area contributed by atoms with Crippen LogP contribution in [0.4, 0.5) is 4.79 Å². The minimum absolute atomic E-state index is 0.685. The van der Waals surface area contributed by atoms with E-state index in [9.17, 15) is 4.79 Å². The van der Waals surface area contributed by atoms with Crippen molar-refractivity contribution in [3.05, 3.63) is 6.33 Å². The molecule has 6 heteroatoms. The molecule has 42 valence electrons. The molecule has 0 aliphatic rings. The first-order chi connectivity index (χ1) is 3.80. The van der Waals surface area contributed by atoms with Crippen molar-refractivity contribution in [3.8, 4) is 0 Å². The number of aromatic nitrogens is 4. The molecule has 6 nitrogen and oxygen atoms in total. The van der Waals surface area contributed by atoms with Crippen LogP contribution in [-0.4, -0.2) is 26.2 Å². The van der Waals surface area contributed by atoms with Crippen LogP contribution in [0.2, 0.25) is 0 Å². The molecule has 1 amide bonds. The second kappa shape index (κ2) is 1.57. The summed E-state index contributed by atoms with van der Waals surface area (Å²) < 4.78 is 0.833. The normalized spacial score (nSPS) is 9.00. The Balaban J connectivity index is 2.93. The zero-order chi connectivity index (χ0) is 5.98. The van der Waals surface area contributed by atoms with Gasteiger partial charge in [0.1, 0.15) is 6.33 Å². The highest BCUT2D eigenvalue weighted by molar-refractivity contribution is 5.72. The molecule has 0 saturated carbocycles. The Morgan fingerprint density at radius 1 is 1.75 bits per heavy atom. The van der Waals surface area contributed by atoms with Gasteiger partial charge in [-0.05, 0) is 10.4 Å². The fraction of sp³-hybridized carbons (Fsp3) is 0. The zero-order valence-corrected chi connectivity index (χ0v) is 3.85. The van der Waals surface area contributed by atoms with Crippen LogP contribution in [0.5, 0.6) is 0 Å². The summed E-state index contributed by atoms with van der Waals surface area (Å²) >= 11 is 0. The molecule has 8 heavy (non-hydrogen) atoms. The van der Waals surface area contributed by atoms with E-state index in [4.69, 9.17) is 5.73 Å². The van der Waals surface area contributed by atoms with Crippen molar-refractivity contribution in [1.82, 2.24) is 20.2 Å². The Labute approximate surface area is 44.3 Å². The van der Waals surface area contributed by atoms with Crippen molar-refractivity contribution in [1.29, 1.82) is 0 Å². The quantitative estimate of drug-likeness (QED) is 0.419. The standard InChI is InChI=1S/C2H3N5O/c3-2(8)7-1-4-5-6-7/h1H,(H2,3,8). The third-order valence-corrected chi connectivity index (χ3v) is 0.575. The summed E-state index contributed by atoms with van der Waals surface area (Å²) in [7, 11) is 0. The van der Waals surface area contributed by atoms with Gasteiger partial charge in [0.15, 0.2) is 0 Å². The Bertz CT molecular complexity index is 178. The number of primary amides is 1. The highest BCUT2D eigenvalue weighted by Crippen LogP contribution is 1.68. The van der Waals surface area contributed by atoms with Crippen molar-refractivity contribution >= 4 is 6.03 Å². The Hall–Kier alpha value is -1.46. The lowest BCUT2D eigenvalue weighted by Crippen LogP contribution is -2.19. The lowest BCUT2D eigenvalue weighted by atomic mass is 11.0. The number of tetrazole rings is 1. The van der Waals surface area contributed by atoms with Gasteiger partial charge in [-0.1, -0.05) is 0 Å². The molecule has 0 spiro atoms. The molecule has 0 fully saturated rings. The van der Waals surface area contributed by atoms with E-state index in [0.29, 0.717) is 0 Å². The minimum atomic E-state index is -0.685. The number of hydrogen-bond donors (Lipinski definition) is 1. The molecule has 0 aliphatic carbocycles. The summed E-state index contributed by atoms with van der Waals surface area (Å²) in [5.74, 6) is 0. The first-order valence-electron chi connectivity index (χ1n) is 1.83. The average molecular weight is 113 g/mol. The largest absolute Gasteiger partial charge is 0.350 e. The number of carbonyl (C=O) groups excluding carboxylic acids is 1. The number of hydrogen-bond acceptors (Lipinski definition) is 4. The maximum Gasteiger partial charge on any atom is 0.342 e. The van der Waals surface area contributed by atoms with Crippen molar-refractivity contribution in [3.63, 3.8) is 0 Å². The summed E-state index contributed by atoms with van der Waals surface area (Å²) in [4.78, 5) is 10.1. The minimum Gasteiger partial charge on any atom is -0.350 e. The van der Waals surface area contributed by atoms with E-state index in [-0.39, 0.29) is 0 Å². The highest BCUT2D eigenvalue weighted by atomic mass is 16.2. The molecule has 1 rings (SSSR count). The van der Waals surface area contributed by atoms with E-state index in [1.807, 2.05) is 0 Å². The molecule has 1 heterocycles. The van der Waals surface area contributed by atoms with Gasteiger partial charge in [-0.2, -0.15) is 0 Å². The van der Waals surface area contributed by atoms with Gasteiger partial charge in [0.2, 0.25) is 0 Å². The molecule has 0 unspecified atom stereocenters. The first kappa shape index (κ1) is 4.69. The number of nitrogens with two attached hydrogens (primary N) is 1. The molecule has 2 N–H and O–H groups in total. The molecular formula is C2H3N5O. The van der Waals surface area contributed by atoms with Crippen LogP contribution < -0.4 is 5.73 Å². The Morgan fingerprint density at radius 2 is 2.50 bits per heavy atom. The fourth-order valence-electron chi connectivity index (χ4n) is 0.262. The predicted octanol–water partition coefficient (Wildman–Crippen LogP) is -1.40. The van der Waals surface area contributed by atoms with E-state index in [0.717, 1.165) is 11.0 Å². The monoisotopic (exact) mass is 113 g/mol. The Morgan fingerprint density at radius 3 is 2.75 bits per heavy atom. The molecule has 0 aliphatic heterocycles. The molecule has 0 aromatic carbocycles. The van der Waals surface area contributed by atoms with E-state index >= 15 is 0 Å². The van der Waals surface area contributed by atoms with E-state index < -0.39 is 6.03 Å². The lowest BCUT2D eigenvalue weighted by Gasteiger charge is -1.82. The SMILES string of the molecule is NC(=O)n1cnnn1. The van der Waals surface area contributed by atoms with Crippen LogP contribution in [-0.2, 0) is 0 Å². The number of rotatable bonds is 0. The molecule has 0 saturated heterocycles. The fourth-order valence-corrected chi connectivity index (χ4v) is 0.262. The maximum absolute atomic E-state index is 10.1. The molecule has 0 atom stereocenters. The summed E-state index contributed by atoms with van der Waals surface area (Å²) in [5, 5.41) is 9.55. The van der Waals surface area contributed by atoms with Gasteiger partial charge in [0.25, 0.3) is 0 Å². The second-order valence-corrected chi connectivity index (χ2v) is 1.09. The van der Waals surface area contributed by atoms with E-state index in [1.54, 1.807) is 0 Å². The van der Waals surface area contributed by atoms with Gasteiger partial charge in [0, 0.05) is 0 Å². The van der Waals surface area contributed by atoms with Gasteiger partial charge in [-0.25, -0.2) is 4.79 Å². The first-order valence-corrected chi connectivity index (χ1v) is 1.83. The maximum atomic E-state index is 10.1. The topological polar surface area (TPSA) is 86.7 Å². The number of amides is 1. The summed E-state index contributed by atoms with van der Waals surface area (Å²) in [6.07, 6.45) is 1.13. The second-order valence-electron chi connectivity index (χ2n) is 1.09. The summed E-state index contributed by atoms with van der Waals surface area (Å²) in [5.41, 5.74) is 4.74. The lowest BCUT2D eigenvalue weighted by molar-refractivity contribution is 0.247. The number of carbonyl (C=O) groups is 1. The van der Waals surface area contributed by atoms with Gasteiger partial charge in [0.05, 0.1) is 0 Å². The van der Waals surface area contributed by atoms with Crippen LogP contribution in [0.3, 0.4) is 0 Å². The summed E-state index contributed by atoms with van der Waals surface area (Å²) in [6, 6.07) is -0.685. The van der Waals surface area contributed by atoms with Crippen molar-refractivity contribution in [2.45, 2.75) is 0 Å². The summed E-state index contributed by atoms with van der Waals surface area (Å²) in [6.45, 7) is 0. The van der Waals surface area contributed by atoms with Crippen molar-refractivity contribution in [2.75, 3.05) is 0 Å². The van der Waals surface area contributed by atoms with Gasteiger partial charge in [-0.15, -0.1) is 9.78 Å². The predicted molar refractivity (Wildman–Crippen MR) is 22.8 cm³/mol. The van der Waals surface area contributed by atoms with Crippen LogP contribution >= 0.6 is 0 Å². The molecule has 1 aromatic rings. The van der Waals surface area contributed by atoms with Crippen LogP contribution in [0, 0.1) is 0 Å². The third kappa shape index (κ3) is 0.625. The highest BCUT2D eigenvalue weighted by Gasteiger charge is 1.94. The third-order valence-electron chi connectivity index (χ3n) is 0.575. The molecular weight excluding hydrogens is 110 g/mol. The van der Waals surface area contributed by atoms with Crippen LogP contribution in [0.1, 0.15) is 0 Å². The Kier molecular flexibility index (Phi) is 0.918. The smallest absolute Gasteiger partial charge is 0.342 e. The van der Waals surface area contributed by atoms with Crippen molar-refractivity contribution in [2.24, 2.45) is 5.73 Å². The molecule has 0 bridgehead atoms. The zero-order valence-electron chi connectivity index (χ0n) is 3.85. The van der Waals surface area contributed by atoms with E-state index in [2.05, 4.69) is 15.5 Å². The van der Waals surface area contributed by atoms with Gasteiger partial charge >= 0.3 is 6.03 Å². The van der Waals surface area contributed by atoms with Crippen molar-refractivity contribution < 1.29 is 4.79 Å². The van der Waals surface area contributed by atoms with Gasteiger partial charge in [-0.3, -0.25) is 0 Å². The number of nitrogens with zero attached hydrogens (tertiary/aromatic N) is 4. The molecule has 1 aromatic heterocycles.